The number of urea groups is 1. The molecule has 0 aromatic heterocycles. The number of hydrogen-bond donors (Lipinski definition) is 3. The number of carbonyl (C=O) groups is 3. The van der Waals surface area contributed by atoms with Gasteiger partial charge in [0, 0.05) is 19.0 Å². The first-order valence-corrected chi connectivity index (χ1v) is 14.8. The minimum absolute atomic E-state index is 0.0214. The standard InChI is InChI=1S/C35H44N2O5/c1-24(2)15-16-30(33(38)39)23-37(22-25(3)4)35(42)36-32(34(40)41)31(21-26-11-7-5-8-12-26)29-19-17-28(18-20-29)27-13-9-6-10-14-27/h5-14,17-20,24-25,30-32H,15-16,21-23H2,1-4H3,(H,36,42)(H,38,39)(H,40,41)/t30-,31?,32-/m0/s1. The molecule has 0 fully saturated rings. The van der Waals surface area contributed by atoms with Crippen molar-refractivity contribution in [2.24, 2.45) is 17.8 Å². The molecule has 0 heterocycles. The molecule has 42 heavy (non-hydrogen) atoms. The number of carbonyl (C=O) groups excluding carboxylic acids is 1. The molecule has 0 bridgehead atoms. The van der Waals surface area contributed by atoms with Crippen LogP contribution in [0, 0.1) is 17.8 Å². The van der Waals surface area contributed by atoms with Gasteiger partial charge in [0.15, 0.2) is 0 Å². The molecule has 3 N–H and O–H groups in total. The van der Waals surface area contributed by atoms with Crippen LogP contribution >= 0.6 is 0 Å². The highest BCUT2D eigenvalue weighted by molar-refractivity contribution is 5.84. The third-order valence-electron chi connectivity index (χ3n) is 7.45. The van der Waals surface area contributed by atoms with E-state index in [1.807, 2.05) is 113 Å². The van der Waals surface area contributed by atoms with Crippen molar-refractivity contribution >= 4 is 18.0 Å². The molecule has 0 spiro atoms. The van der Waals surface area contributed by atoms with E-state index in [9.17, 15) is 24.6 Å². The van der Waals surface area contributed by atoms with Crippen molar-refractivity contribution in [1.29, 1.82) is 0 Å². The van der Waals surface area contributed by atoms with Crippen molar-refractivity contribution in [2.75, 3.05) is 13.1 Å². The molecular formula is C35H44N2O5. The molecule has 3 aromatic carbocycles. The number of benzene rings is 3. The van der Waals surface area contributed by atoms with E-state index >= 15 is 0 Å². The molecule has 0 aliphatic carbocycles. The summed E-state index contributed by atoms with van der Waals surface area (Å²) in [6.07, 6.45) is 1.57. The third kappa shape index (κ3) is 9.75. The largest absolute Gasteiger partial charge is 0.481 e. The zero-order valence-electron chi connectivity index (χ0n) is 25.1. The molecular weight excluding hydrogens is 528 g/mol. The zero-order valence-corrected chi connectivity index (χ0v) is 25.1. The van der Waals surface area contributed by atoms with Crippen molar-refractivity contribution in [1.82, 2.24) is 10.2 Å². The SMILES string of the molecule is CC(C)CC[C@@H](CN(CC(C)C)C(=O)N[C@H](C(=O)O)C(Cc1ccccc1)c1ccc(-c2ccccc2)cc1)C(=O)O. The molecule has 0 saturated carbocycles. The lowest BCUT2D eigenvalue weighted by Crippen LogP contribution is -2.53. The number of aliphatic carboxylic acids is 2. The van der Waals surface area contributed by atoms with Gasteiger partial charge in [0.05, 0.1) is 5.92 Å². The lowest BCUT2D eigenvalue weighted by molar-refractivity contribution is -0.143. The maximum absolute atomic E-state index is 13.7. The van der Waals surface area contributed by atoms with Gasteiger partial charge in [0.2, 0.25) is 0 Å². The molecule has 0 radical (unpaired) electrons. The van der Waals surface area contributed by atoms with Crippen LogP contribution in [0.4, 0.5) is 4.79 Å². The van der Waals surface area contributed by atoms with Crippen LogP contribution in [0.25, 0.3) is 11.1 Å². The molecule has 0 aliphatic heterocycles. The van der Waals surface area contributed by atoms with Gasteiger partial charge < -0.3 is 20.4 Å². The minimum Gasteiger partial charge on any atom is -0.481 e. The van der Waals surface area contributed by atoms with Crippen LogP contribution in [0.1, 0.15) is 57.6 Å². The van der Waals surface area contributed by atoms with Crippen molar-refractivity contribution < 1.29 is 24.6 Å². The number of carboxylic acid groups (broad SMARTS) is 2. The summed E-state index contributed by atoms with van der Waals surface area (Å²) in [5, 5.41) is 23.1. The minimum atomic E-state index is -1.23. The van der Waals surface area contributed by atoms with Crippen LogP contribution in [0.2, 0.25) is 0 Å². The van der Waals surface area contributed by atoms with E-state index in [0.717, 1.165) is 28.7 Å². The summed E-state index contributed by atoms with van der Waals surface area (Å²) >= 11 is 0. The lowest BCUT2D eigenvalue weighted by atomic mass is 9.85. The van der Waals surface area contributed by atoms with Crippen LogP contribution in [0.15, 0.2) is 84.9 Å². The summed E-state index contributed by atoms with van der Waals surface area (Å²) in [6.45, 7) is 8.31. The van der Waals surface area contributed by atoms with Gasteiger partial charge in [0.25, 0.3) is 0 Å². The molecule has 3 rings (SSSR count). The fourth-order valence-corrected chi connectivity index (χ4v) is 5.18. The van der Waals surface area contributed by atoms with Gasteiger partial charge in [-0.25, -0.2) is 9.59 Å². The lowest BCUT2D eigenvalue weighted by Gasteiger charge is -2.32. The summed E-state index contributed by atoms with van der Waals surface area (Å²) in [6, 6.07) is 25.6. The van der Waals surface area contributed by atoms with E-state index < -0.39 is 35.8 Å². The Balaban J connectivity index is 1.92. The summed E-state index contributed by atoms with van der Waals surface area (Å²) in [5.41, 5.74) is 3.82. The van der Waals surface area contributed by atoms with Crippen LogP contribution in [0.5, 0.6) is 0 Å². The fourth-order valence-electron chi connectivity index (χ4n) is 5.18. The molecule has 2 amide bonds. The van der Waals surface area contributed by atoms with E-state index in [1.54, 1.807) is 0 Å². The number of hydrogen-bond acceptors (Lipinski definition) is 3. The topological polar surface area (TPSA) is 107 Å². The normalized spacial score (nSPS) is 13.4. The molecule has 0 aliphatic rings. The van der Waals surface area contributed by atoms with Gasteiger partial charge in [-0.3, -0.25) is 4.79 Å². The molecule has 7 heteroatoms. The van der Waals surface area contributed by atoms with Crippen molar-refractivity contribution in [3.63, 3.8) is 0 Å². The number of carboxylic acids is 2. The third-order valence-corrected chi connectivity index (χ3v) is 7.45. The number of nitrogens with zero attached hydrogens (tertiary/aromatic N) is 1. The van der Waals surface area contributed by atoms with Gasteiger partial charge >= 0.3 is 18.0 Å². The quantitative estimate of drug-likeness (QED) is 0.183. The Labute approximate surface area is 249 Å². The predicted octanol–water partition coefficient (Wildman–Crippen LogP) is 6.94. The summed E-state index contributed by atoms with van der Waals surface area (Å²) in [7, 11) is 0. The Kier molecular flexibility index (Phi) is 12.1. The second kappa shape index (κ2) is 15.8. The van der Waals surface area contributed by atoms with Gasteiger partial charge in [-0.2, -0.15) is 0 Å². The Hall–Kier alpha value is -4.13. The van der Waals surface area contributed by atoms with Gasteiger partial charge in [0.1, 0.15) is 6.04 Å². The zero-order chi connectivity index (χ0) is 30.6. The fraction of sp³-hybridized carbons (Fsp3) is 0.400. The van der Waals surface area contributed by atoms with Crippen LogP contribution in [-0.2, 0) is 16.0 Å². The molecule has 3 atom stereocenters. The second-order valence-corrected chi connectivity index (χ2v) is 11.9. The van der Waals surface area contributed by atoms with Crippen LogP contribution < -0.4 is 5.32 Å². The Morgan fingerprint density at radius 2 is 1.26 bits per heavy atom. The first-order valence-electron chi connectivity index (χ1n) is 14.8. The average Bonchev–Trinajstić information content (AvgIpc) is 2.96. The summed E-state index contributed by atoms with van der Waals surface area (Å²) in [4.78, 5) is 40.0. The maximum Gasteiger partial charge on any atom is 0.326 e. The van der Waals surface area contributed by atoms with Gasteiger partial charge in [-0.15, -0.1) is 0 Å². The van der Waals surface area contributed by atoms with Gasteiger partial charge in [-0.05, 0) is 46.9 Å². The molecule has 1 unspecified atom stereocenters. The van der Waals surface area contributed by atoms with Crippen LogP contribution in [-0.4, -0.2) is 52.2 Å². The highest BCUT2D eigenvalue weighted by Gasteiger charge is 2.34. The van der Waals surface area contributed by atoms with Crippen molar-refractivity contribution in [3.8, 4) is 11.1 Å². The highest BCUT2D eigenvalue weighted by Crippen LogP contribution is 2.28. The van der Waals surface area contributed by atoms with E-state index in [2.05, 4.69) is 5.32 Å². The average molecular weight is 573 g/mol. The monoisotopic (exact) mass is 572 g/mol. The first-order chi connectivity index (χ1) is 20.0. The second-order valence-electron chi connectivity index (χ2n) is 11.9. The van der Waals surface area contributed by atoms with Crippen molar-refractivity contribution in [3.05, 3.63) is 96.1 Å². The molecule has 0 saturated heterocycles. The number of rotatable bonds is 15. The molecule has 7 nitrogen and oxygen atoms in total. The maximum atomic E-state index is 13.7. The van der Waals surface area contributed by atoms with Gasteiger partial charge in [-0.1, -0.05) is 119 Å². The molecule has 3 aromatic rings. The number of amides is 2. The Morgan fingerprint density at radius 1 is 0.690 bits per heavy atom. The van der Waals surface area contributed by atoms with E-state index in [1.165, 1.54) is 4.90 Å². The molecule has 224 valence electrons. The van der Waals surface area contributed by atoms with E-state index in [0.29, 0.717) is 25.3 Å². The first kappa shape index (κ1) is 32.4. The predicted molar refractivity (Wildman–Crippen MR) is 166 cm³/mol. The van der Waals surface area contributed by atoms with E-state index in [4.69, 9.17) is 0 Å². The van der Waals surface area contributed by atoms with Crippen LogP contribution in [0.3, 0.4) is 0 Å². The van der Waals surface area contributed by atoms with Crippen molar-refractivity contribution in [2.45, 2.75) is 58.9 Å². The Bertz CT molecular complexity index is 1280. The number of nitrogens with one attached hydrogen (secondary N) is 1. The highest BCUT2D eigenvalue weighted by atomic mass is 16.4. The smallest absolute Gasteiger partial charge is 0.326 e. The summed E-state index contributed by atoms with van der Waals surface area (Å²) < 4.78 is 0. The Morgan fingerprint density at radius 3 is 1.79 bits per heavy atom. The summed E-state index contributed by atoms with van der Waals surface area (Å²) in [5.74, 6) is -2.98. The van der Waals surface area contributed by atoms with E-state index in [-0.39, 0.29) is 12.5 Å².